The molecule has 0 atom stereocenters. The summed E-state index contributed by atoms with van der Waals surface area (Å²) in [6.45, 7) is 2.93. The number of ether oxygens (including phenoxy) is 3. The Morgan fingerprint density at radius 3 is 2.54 bits per heavy atom. The third-order valence-electron chi connectivity index (χ3n) is 2.99. The van der Waals surface area contributed by atoms with Crippen molar-refractivity contribution in [2.75, 3.05) is 20.3 Å². The normalized spacial score (nSPS) is 11.5. The lowest BCUT2D eigenvalue weighted by Crippen LogP contribution is -2.09. The molecule has 0 radical (unpaired) electrons. The molecular weight excluding hydrogens is 391 g/mol. The van der Waals surface area contributed by atoms with Gasteiger partial charge in [0.25, 0.3) is 0 Å². The number of hydrogen-bond donors (Lipinski definition) is 0. The fraction of sp³-hybridized carbons (Fsp3) is 0.438. The number of benzene rings is 1. The molecular formula is C16H21Cl3O4Si. The Labute approximate surface area is 157 Å². The molecule has 0 bridgehead atoms. The van der Waals surface area contributed by atoms with Crippen LogP contribution >= 0.6 is 33.2 Å². The summed E-state index contributed by atoms with van der Waals surface area (Å²) in [7, 11) is 1.33. The molecule has 0 amide bonds. The minimum atomic E-state index is -2.55. The molecule has 24 heavy (non-hydrogen) atoms. The molecule has 1 aromatic rings. The first-order chi connectivity index (χ1) is 11.4. The van der Waals surface area contributed by atoms with E-state index in [9.17, 15) is 4.79 Å². The molecule has 0 saturated carbocycles. The smallest absolute Gasteiger partial charge is 0.341 e. The topological polar surface area (TPSA) is 44.8 Å². The molecule has 0 aromatic heterocycles. The van der Waals surface area contributed by atoms with Gasteiger partial charge in [-0.25, -0.2) is 4.79 Å². The van der Waals surface area contributed by atoms with Crippen LogP contribution in [-0.2, 0) is 9.53 Å². The molecule has 1 aromatic carbocycles. The zero-order valence-electron chi connectivity index (χ0n) is 13.7. The maximum absolute atomic E-state index is 11.1. The lowest BCUT2D eigenvalue weighted by Gasteiger charge is -2.13. The molecule has 0 aliphatic carbocycles. The summed E-state index contributed by atoms with van der Waals surface area (Å²) >= 11 is 17.5. The summed E-state index contributed by atoms with van der Waals surface area (Å²) in [5, 5.41) is 0. The van der Waals surface area contributed by atoms with Gasteiger partial charge in [-0.05, 0) is 49.6 Å². The van der Waals surface area contributed by atoms with E-state index in [0.717, 1.165) is 18.4 Å². The fourth-order valence-electron chi connectivity index (χ4n) is 1.86. The van der Waals surface area contributed by atoms with Crippen LogP contribution in [0.25, 0.3) is 6.08 Å². The van der Waals surface area contributed by atoms with Gasteiger partial charge in [0.15, 0.2) is 11.5 Å². The van der Waals surface area contributed by atoms with E-state index in [4.69, 9.17) is 42.7 Å². The van der Waals surface area contributed by atoms with Crippen molar-refractivity contribution < 1.29 is 19.0 Å². The average molecular weight is 412 g/mol. The molecule has 0 N–H and O–H groups in total. The van der Waals surface area contributed by atoms with Crippen molar-refractivity contribution in [1.82, 2.24) is 0 Å². The Morgan fingerprint density at radius 1 is 1.17 bits per heavy atom. The second kappa shape index (κ2) is 10.9. The Bertz CT molecular complexity index is 559. The predicted octanol–water partition coefficient (Wildman–Crippen LogP) is 5.09. The molecule has 0 unspecified atom stereocenters. The van der Waals surface area contributed by atoms with E-state index in [2.05, 4.69) is 4.74 Å². The van der Waals surface area contributed by atoms with Crippen LogP contribution in [0.2, 0.25) is 6.04 Å². The van der Waals surface area contributed by atoms with E-state index < -0.39 is 12.0 Å². The van der Waals surface area contributed by atoms with Crippen LogP contribution in [0.3, 0.4) is 0 Å². The summed E-state index contributed by atoms with van der Waals surface area (Å²) in [5.74, 6) is 0.865. The molecule has 0 saturated heterocycles. The first-order valence-corrected chi connectivity index (χ1v) is 12.8. The SMILES string of the molecule is CCOc1cc(/C=C/C(=O)OC)ccc1OCCCC[Si](Cl)(Cl)Cl. The summed E-state index contributed by atoms with van der Waals surface area (Å²) < 4.78 is 15.9. The van der Waals surface area contributed by atoms with Gasteiger partial charge in [0, 0.05) is 6.08 Å². The van der Waals surface area contributed by atoms with Crippen LogP contribution in [0.1, 0.15) is 25.3 Å². The third kappa shape index (κ3) is 8.83. The highest BCUT2D eigenvalue weighted by Crippen LogP contribution is 2.30. The predicted molar refractivity (Wildman–Crippen MR) is 102 cm³/mol. The summed E-state index contributed by atoms with van der Waals surface area (Å²) in [6.07, 6.45) is 4.62. The van der Waals surface area contributed by atoms with Crippen molar-refractivity contribution in [1.29, 1.82) is 0 Å². The Balaban J connectivity index is 2.63. The van der Waals surface area contributed by atoms with E-state index in [-0.39, 0.29) is 0 Å². The van der Waals surface area contributed by atoms with Gasteiger partial charge in [-0.2, -0.15) is 0 Å². The first kappa shape index (κ1) is 21.2. The summed E-state index contributed by atoms with van der Waals surface area (Å²) in [4.78, 5) is 11.1. The maximum atomic E-state index is 11.1. The number of methoxy groups -OCH3 is 1. The zero-order valence-corrected chi connectivity index (χ0v) is 17.0. The van der Waals surface area contributed by atoms with Crippen LogP contribution in [0.5, 0.6) is 11.5 Å². The van der Waals surface area contributed by atoms with Gasteiger partial charge in [-0.3, -0.25) is 0 Å². The second-order valence-corrected chi connectivity index (χ2v) is 14.2. The number of hydrogen-bond acceptors (Lipinski definition) is 4. The number of rotatable bonds is 10. The average Bonchev–Trinajstić information content (AvgIpc) is 2.53. The Hall–Kier alpha value is -0.883. The van der Waals surface area contributed by atoms with Crippen molar-refractivity contribution in [3.8, 4) is 11.5 Å². The van der Waals surface area contributed by atoms with E-state index in [0.29, 0.717) is 30.8 Å². The minimum absolute atomic E-state index is 0.411. The van der Waals surface area contributed by atoms with Crippen molar-refractivity contribution in [2.45, 2.75) is 25.8 Å². The quantitative estimate of drug-likeness (QED) is 0.177. The van der Waals surface area contributed by atoms with Crippen LogP contribution in [0.4, 0.5) is 0 Å². The van der Waals surface area contributed by atoms with Crippen LogP contribution in [0.15, 0.2) is 24.3 Å². The van der Waals surface area contributed by atoms with Crippen LogP contribution < -0.4 is 9.47 Å². The monoisotopic (exact) mass is 410 g/mol. The van der Waals surface area contributed by atoms with Crippen molar-refractivity contribution in [2.24, 2.45) is 0 Å². The van der Waals surface area contributed by atoms with Crippen molar-refractivity contribution in [3.05, 3.63) is 29.8 Å². The van der Waals surface area contributed by atoms with Crippen LogP contribution in [0, 0.1) is 0 Å². The molecule has 4 nitrogen and oxygen atoms in total. The van der Waals surface area contributed by atoms with E-state index in [1.165, 1.54) is 13.2 Å². The molecule has 0 spiro atoms. The number of carbonyl (C=O) groups is 1. The molecule has 0 heterocycles. The molecule has 0 aliphatic heterocycles. The molecule has 8 heteroatoms. The molecule has 0 fully saturated rings. The lowest BCUT2D eigenvalue weighted by molar-refractivity contribution is -0.134. The highest BCUT2D eigenvalue weighted by Gasteiger charge is 2.23. The lowest BCUT2D eigenvalue weighted by atomic mass is 10.2. The highest BCUT2D eigenvalue weighted by molar-refractivity contribution is 7.64. The molecule has 134 valence electrons. The molecule has 1 rings (SSSR count). The van der Waals surface area contributed by atoms with Crippen LogP contribution in [-0.4, -0.2) is 32.3 Å². The van der Waals surface area contributed by atoms with Crippen molar-refractivity contribution >= 4 is 51.3 Å². The fourth-order valence-corrected chi connectivity index (χ4v) is 3.71. The van der Waals surface area contributed by atoms with E-state index in [1.807, 2.05) is 25.1 Å². The molecule has 0 aliphatic rings. The van der Waals surface area contributed by atoms with Gasteiger partial charge < -0.3 is 14.2 Å². The summed E-state index contributed by atoms with van der Waals surface area (Å²) in [6, 6.07) is 3.54. The van der Waals surface area contributed by atoms with E-state index >= 15 is 0 Å². The van der Waals surface area contributed by atoms with E-state index in [1.54, 1.807) is 6.08 Å². The first-order valence-electron chi connectivity index (χ1n) is 7.58. The van der Waals surface area contributed by atoms with Gasteiger partial charge in [0.1, 0.15) is 0 Å². The Kier molecular flexibility index (Phi) is 9.59. The highest BCUT2D eigenvalue weighted by atomic mass is 35.8. The third-order valence-corrected chi connectivity index (χ3v) is 5.61. The minimum Gasteiger partial charge on any atom is -0.490 e. The number of esters is 1. The van der Waals surface area contributed by atoms with Gasteiger partial charge in [0.2, 0.25) is 0 Å². The largest absolute Gasteiger partial charge is 0.490 e. The Morgan fingerprint density at radius 2 is 1.92 bits per heavy atom. The van der Waals surface area contributed by atoms with Gasteiger partial charge in [-0.15, -0.1) is 33.2 Å². The maximum Gasteiger partial charge on any atom is 0.341 e. The van der Waals surface area contributed by atoms with Gasteiger partial charge in [0.05, 0.1) is 20.3 Å². The van der Waals surface area contributed by atoms with Gasteiger partial charge >= 0.3 is 12.0 Å². The number of unbranched alkanes of at least 4 members (excludes halogenated alkanes) is 1. The standard InChI is InChI=1S/C16H21Cl3O4Si/c1-3-22-15-12-13(7-9-16(20)21-2)6-8-14(15)23-10-4-5-11-24(17,18)19/h6-9,12H,3-5,10-11H2,1-2H3/b9-7+. The number of carbonyl (C=O) groups excluding carboxylic acids is 1. The second-order valence-electron chi connectivity index (χ2n) is 4.92. The summed E-state index contributed by atoms with van der Waals surface area (Å²) in [5.41, 5.74) is 0.818. The zero-order chi connectivity index (χ0) is 18.0. The van der Waals surface area contributed by atoms with Crippen molar-refractivity contribution in [3.63, 3.8) is 0 Å². The van der Waals surface area contributed by atoms with Gasteiger partial charge in [-0.1, -0.05) is 6.07 Å². The number of halogens is 3.